The molecule has 0 aliphatic carbocycles. The molecule has 0 unspecified atom stereocenters. The Bertz CT molecular complexity index is 621. The lowest BCUT2D eigenvalue weighted by Gasteiger charge is -2.10. The topological polar surface area (TPSA) is 35.5 Å². The summed E-state index contributed by atoms with van der Waals surface area (Å²) in [5.41, 5.74) is 1.44. The molecule has 0 fully saturated rings. The van der Waals surface area contributed by atoms with Gasteiger partial charge in [0.2, 0.25) is 0 Å². The van der Waals surface area contributed by atoms with E-state index < -0.39 is 5.97 Å². The Hall–Kier alpha value is -2.07. The first-order chi connectivity index (χ1) is 9.74. The number of hydrogen-bond acceptors (Lipinski definition) is 3. The van der Waals surface area contributed by atoms with Gasteiger partial charge in [0.15, 0.2) is 11.5 Å². The van der Waals surface area contributed by atoms with Crippen molar-refractivity contribution in [1.29, 1.82) is 0 Å². The molecule has 2 aromatic rings. The molecule has 0 N–H and O–H groups in total. The van der Waals surface area contributed by atoms with E-state index in [0.717, 1.165) is 5.56 Å². The number of carbonyl (C=O) groups is 1. The monoisotopic (exact) mass is 332 g/mol. The van der Waals surface area contributed by atoms with Gasteiger partial charge >= 0.3 is 5.97 Å². The quantitative estimate of drug-likeness (QED) is 0.619. The molecule has 0 amide bonds. The summed E-state index contributed by atoms with van der Waals surface area (Å²) >= 11 is 3.22. The fraction of sp³-hybridized carbons (Fsp3) is 0.0625. The van der Waals surface area contributed by atoms with Crippen LogP contribution in [-0.2, 0) is 0 Å². The Balaban J connectivity index is 2.23. The number of esters is 1. The van der Waals surface area contributed by atoms with Gasteiger partial charge in [-0.3, -0.25) is 0 Å². The van der Waals surface area contributed by atoms with Gasteiger partial charge in [-0.1, -0.05) is 40.2 Å². The van der Waals surface area contributed by atoms with Crippen LogP contribution in [-0.4, -0.2) is 13.1 Å². The Morgan fingerprint density at radius 1 is 1.10 bits per heavy atom. The van der Waals surface area contributed by atoms with Crippen LogP contribution in [0.4, 0.5) is 0 Å². The third-order valence-electron chi connectivity index (χ3n) is 2.66. The lowest BCUT2D eigenvalue weighted by molar-refractivity contribution is 0.0729. The molecule has 0 spiro atoms. The summed E-state index contributed by atoms with van der Waals surface area (Å²) in [5, 5.41) is 0. The minimum atomic E-state index is -0.410. The zero-order valence-corrected chi connectivity index (χ0v) is 12.5. The molecule has 2 rings (SSSR count). The summed E-state index contributed by atoms with van der Waals surface area (Å²) in [6.45, 7) is 0. The van der Waals surface area contributed by atoms with Gasteiger partial charge in [-0.2, -0.15) is 0 Å². The summed E-state index contributed by atoms with van der Waals surface area (Å²) in [4.78, 5) is 13.7. The van der Waals surface area contributed by atoms with Gasteiger partial charge in [-0.25, -0.2) is 4.79 Å². The molecule has 0 aliphatic heterocycles. The second-order valence-electron chi connectivity index (χ2n) is 3.96. The van der Waals surface area contributed by atoms with Crippen molar-refractivity contribution in [2.24, 2.45) is 0 Å². The summed E-state index contributed by atoms with van der Waals surface area (Å²) < 4.78 is 10.6. The fourth-order valence-corrected chi connectivity index (χ4v) is 1.98. The van der Waals surface area contributed by atoms with Crippen LogP contribution < -0.4 is 9.47 Å². The number of ether oxygens (including phenoxy) is 2. The molecule has 0 heterocycles. The van der Waals surface area contributed by atoms with Crippen molar-refractivity contribution >= 4 is 28.0 Å². The van der Waals surface area contributed by atoms with Crippen molar-refractivity contribution in [3.8, 4) is 11.5 Å². The van der Waals surface area contributed by atoms with Crippen molar-refractivity contribution < 1.29 is 14.3 Å². The fourth-order valence-electron chi connectivity index (χ4n) is 1.68. The molecule has 20 heavy (non-hydrogen) atoms. The molecular weight excluding hydrogens is 320 g/mol. The van der Waals surface area contributed by atoms with Crippen molar-refractivity contribution in [3.63, 3.8) is 0 Å². The molecule has 2 aromatic carbocycles. The van der Waals surface area contributed by atoms with E-state index in [1.54, 1.807) is 41.4 Å². The minimum Gasteiger partial charge on any atom is -0.493 e. The predicted molar refractivity (Wildman–Crippen MR) is 82.4 cm³/mol. The molecule has 0 bridgehead atoms. The number of halogens is 1. The molecule has 3 nitrogen and oxygen atoms in total. The van der Waals surface area contributed by atoms with Crippen LogP contribution in [0.2, 0.25) is 0 Å². The zero-order chi connectivity index (χ0) is 14.4. The summed E-state index contributed by atoms with van der Waals surface area (Å²) in [6, 6.07) is 14.2. The van der Waals surface area contributed by atoms with Crippen LogP contribution in [0.1, 0.15) is 15.9 Å². The normalized spacial score (nSPS) is 10.5. The molecule has 0 saturated heterocycles. The number of hydrogen-bond donors (Lipinski definition) is 0. The number of carbonyl (C=O) groups excluding carboxylic acids is 1. The van der Waals surface area contributed by atoms with E-state index in [1.165, 1.54) is 7.11 Å². The van der Waals surface area contributed by atoms with Crippen molar-refractivity contribution in [3.05, 3.63) is 64.6 Å². The first kappa shape index (κ1) is 14.3. The zero-order valence-electron chi connectivity index (χ0n) is 10.9. The molecular formula is C16H13BrO3. The molecule has 0 atom stereocenters. The highest BCUT2D eigenvalue weighted by Gasteiger charge is 2.12. The van der Waals surface area contributed by atoms with Crippen LogP contribution in [0.15, 0.2) is 53.5 Å². The average Bonchev–Trinajstić information content (AvgIpc) is 2.50. The highest BCUT2D eigenvalue weighted by molar-refractivity contribution is 9.11. The molecule has 0 saturated carbocycles. The molecule has 0 aromatic heterocycles. The highest BCUT2D eigenvalue weighted by atomic mass is 79.9. The van der Waals surface area contributed by atoms with E-state index in [-0.39, 0.29) is 0 Å². The number of methoxy groups -OCH3 is 1. The average molecular weight is 333 g/mol. The summed E-state index contributed by atoms with van der Waals surface area (Å²) in [6.07, 6.45) is 1.87. The Morgan fingerprint density at radius 3 is 2.50 bits per heavy atom. The maximum absolute atomic E-state index is 12.0. The van der Waals surface area contributed by atoms with Crippen molar-refractivity contribution in [2.45, 2.75) is 0 Å². The number of benzene rings is 2. The van der Waals surface area contributed by atoms with Gasteiger partial charge < -0.3 is 9.47 Å². The van der Waals surface area contributed by atoms with Gasteiger partial charge in [0.1, 0.15) is 0 Å². The standard InChI is InChI=1S/C16H13BrO3/c1-19-15-11-12(9-10-17)7-8-14(15)20-16(18)13-5-3-2-4-6-13/h2-11H,1H3/b10-9-. The van der Waals surface area contributed by atoms with Gasteiger partial charge in [-0.05, 0) is 40.9 Å². The van der Waals surface area contributed by atoms with E-state index >= 15 is 0 Å². The molecule has 0 aliphatic rings. The van der Waals surface area contributed by atoms with Gasteiger partial charge in [-0.15, -0.1) is 0 Å². The van der Waals surface area contributed by atoms with E-state index in [2.05, 4.69) is 15.9 Å². The SMILES string of the molecule is COc1cc(/C=C\Br)ccc1OC(=O)c1ccccc1. The minimum absolute atomic E-state index is 0.396. The molecule has 0 radical (unpaired) electrons. The van der Waals surface area contributed by atoms with Crippen molar-refractivity contribution in [2.75, 3.05) is 7.11 Å². The lowest BCUT2D eigenvalue weighted by Crippen LogP contribution is -2.09. The third-order valence-corrected chi connectivity index (χ3v) is 2.92. The molecule has 102 valence electrons. The smallest absolute Gasteiger partial charge is 0.343 e. The number of rotatable bonds is 4. The van der Waals surface area contributed by atoms with E-state index in [1.807, 2.05) is 18.2 Å². The van der Waals surface area contributed by atoms with Gasteiger partial charge in [0, 0.05) is 0 Å². The van der Waals surface area contributed by atoms with Gasteiger partial charge in [0.25, 0.3) is 0 Å². The van der Waals surface area contributed by atoms with E-state index in [0.29, 0.717) is 17.1 Å². The second-order valence-corrected chi connectivity index (χ2v) is 4.49. The Kier molecular flexibility index (Phi) is 4.96. The predicted octanol–water partition coefficient (Wildman–Crippen LogP) is 4.28. The Labute approximate surface area is 126 Å². The van der Waals surface area contributed by atoms with Crippen LogP contribution in [0.25, 0.3) is 6.08 Å². The first-order valence-electron chi connectivity index (χ1n) is 5.96. The second kappa shape index (κ2) is 6.91. The van der Waals surface area contributed by atoms with Crippen molar-refractivity contribution in [1.82, 2.24) is 0 Å². The summed E-state index contributed by atoms with van der Waals surface area (Å²) in [7, 11) is 1.54. The summed E-state index contributed by atoms with van der Waals surface area (Å²) in [5.74, 6) is 0.498. The van der Waals surface area contributed by atoms with Crippen LogP contribution >= 0.6 is 15.9 Å². The molecule has 4 heteroatoms. The third kappa shape index (κ3) is 3.48. The van der Waals surface area contributed by atoms with E-state index in [4.69, 9.17) is 9.47 Å². The highest BCUT2D eigenvalue weighted by Crippen LogP contribution is 2.29. The van der Waals surface area contributed by atoms with E-state index in [9.17, 15) is 4.79 Å². The maximum Gasteiger partial charge on any atom is 0.343 e. The first-order valence-corrected chi connectivity index (χ1v) is 6.88. The largest absolute Gasteiger partial charge is 0.493 e. The van der Waals surface area contributed by atoms with Crippen LogP contribution in [0.5, 0.6) is 11.5 Å². The Morgan fingerprint density at radius 2 is 1.85 bits per heavy atom. The van der Waals surface area contributed by atoms with Gasteiger partial charge in [0.05, 0.1) is 12.7 Å². The lowest BCUT2D eigenvalue weighted by atomic mass is 10.2. The van der Waals surface area contributed by atoms with Crippen LogP contribution in [0, 0.1) is 0 Å². The van der Waals surface area contributed by atoms with Crippen LogP contribution in [0.3, 0.4) is 0 Å². The maximum atomic E-state index is 12.0.